The standard InChI is InChI=1S/C23H28N4O3S/c1-13-18(31-14(2)24-13)21(30)27-11-17(20(29)25-22(3,4)5)23(12-27)10-15-8-6-7-9-16(15)19(28)26-23/h6-9,17H,10-12H2,1-5H3,(H,25,29)(H,26,28)/t17-,23+/m0/s1. The predicted molar refractivity (Wildman–Crippen MR) is 119 cm³/mol. The number of thiazole rings is 1. The first-order chi connectivity index (χ1) is 14.5. The van der Waals surface area contributed by atoms with Crippen molar-refractivity contribution in [3.63, 3.8) is 0 Å². The second-order valence-electron chi connectivity index (χ2n) is 9.57. The quantitative estimate of drug-likeness (QED) is 0.751. The second-order valence-corrected chi connectivity index (χ2v) is 10.8. The highest BCUT2D eigenvalue weighted by Crippen LogP contribution is 2.37. The van der Waals surface area contributed by atoms with Crippen molar-refractivity contribution in [1.82, 2.24) is 20.5 Å². The number of hydrogen-bond acceptors (Lipinski definition) is 5. The van der Waals surface area contributed by atoms with Crippen LogP contribution in [0.5, 0.6) is 0 Å². The molecular weight excluding hydrogens is 412 g/mol. The molecule has 0 radical (unpaired) electrons. The van der Waals surface area contributed by atoms with Crippen molar-refractivity contribution in [3.05, 3.63) is 51.0 Å². The van der Waals surface area contributed by atoms with E-state index in [0.717, 1.165) is 10.6 Å². The van der Waals surface area contributed by atoms with Crippen LogP contribution in [0, 0.1) is 19.8 Å². The average molecular weight is 441 g/mol. The van der Waals surface area contributed by atoms with Gasteiger partial charge in [-0.2, -0.15) is 0 Å². The highest BCUT2D eigenvalue weighted by molar-refractivity contribution is 7.13. The number of carbonyl (C=O) groups excluding carboxylic acids is 3. The highest BCUT2D eigenvalue weighted by Gasteiger charge is 2.54. The lowest BCUT2D eigenvalue weighted by Crippen LogP contribution is -2.62. The molecule has 31 heavy (non-hydrogen) atoms. The molecule has 0 aliphatic carbocycles. The number of rotatable bonds is 2. The van der Waals surface area contributed by atoms with E-state index in [1.54, 1.807) is 11.0 Å². The Kier molecular flexibility index (Phi) is 5.16. The molecule has 2 N–H and O–H groups in total. The zero-order valence-electron chi connectivity index (χ0n) is 18.5. The Morgan fingerprint density at radius 2 is 1.97 bits per heavy atom. The molecule has 2 aliphatic rings. The number of likely N-dealkylation sites (tertiary alicyclic amines) is 1. The molecular formula is C23H28N4O3S. The fourth-order valence-corrected chi connectivity index (χ4v) is 5.50. The smallest absolute Gasteiger partial charge is 0.265 e. The molecule has 7 nitrogen and oxygen atoms in total. The number of amides is 3. The zero-order valence-corrected chi connectivity index (χ0v) is 19.4. The second kappa shape index (κ2) is 7.44. The van der Waals surface area contributed by atoms with Gasteiger partial charge in [0.1, 0.15) is 4.88 Å². The van der Waals surface area contributed by atoms with Crippen molar-refractivity contribution in [2.75, 3.05) is 13.1 Å². The van der Waals surface area contributed by atoms with E-state index in [1.807, 2.05) is 52.8 Å². The predicted octanol–water partition coefficient (Wildman–Crippen LogP) is 2.47. The summed E-state index contributed by atoms with van der Waals surface area (Å²) in [6.45, 7) is 10.0. The van der Waals surface area contributed by atoms with E-state index in [0.29, 0.717) is 22.6 Å². The van der Waals surface area contributed by atoms with Crippen LogP contribution in [-0.2, 0) is 11.2 Å². The van der Waals surface area contributed by atoms with Crippen LogP contribution >= 0.6 is 11.3 Å². The van der Waals surface area contributed by atoms with Crippen LogP contribution < -0.4 is 10.6 Å². The molecule has 8 heteroatoms. The number of benzene rings is 1. The van der Waals surface area contributed by atoms with Gasteiger partial charge in [-0.05, 0) is 52.7 Å². The maximum Gasteiger partial charge on any atom is 0.265 e. The van der Waals surface area contributed by atoms with Crippen LogP contribution in [0.4, 0.5) is 0 Å². The normalized spacial score (nSPS) is 22.9. The minimum absolute atomic E-state index is 0.137. The van der Waals surface area contributed by atoms with Gasteiger partial charge < -0.3 is 15.5 Å². The minimum atomic E-state index is -0.843. The van der Waals surface area contributed by atoms with Gasteiger partial charge in [-0.3, -0.25) is 14.4 Å². The molecule has 1 fully saturated rings. The molecule has 0 unspecified atom stereocenters. The van der Waals surface area contributed by atoms with Crippen LogP contribution in [0.1, 0.15) is 57.1 Å². The maximum absolute atomic E-state index is 13.3. The summed E-state index contributed by atoms with van der Waals surface area (Å²) in [5.74, 6) is -1.04. The molecule has 0 saturated carbocycles. The first-order valence-electron chi connectivity index (χ1n) is 10.4. The number of hydrogen-bond donors (Lipinski definition) is 2. The lowest BCUT2D eigenvalue weighted by molar-refractivity contribution is -0.127. The van der Waals surface area contributed by atoms with Crippen LogP contribution in [0.2, 0.25) is 0 Å². The molecule has 3 amide bonds. The van der Waals surface area contributed by atoms with Crippen molar-refractivity contribution in [1.29, 1.82) is 0 Å². The molecule has 0 bridgehead atoms. The number of carbonyl (C=O) groups is 3. The first kappa shape index (κ1) is 21.5. The Morgan fingerprint density at radius 1 is 1.26 bits per heavy atom. The molecule has 1 spiro atoms. The third kappa shape index (κ3) is 3.96. The molecule has 1 saturated heterocycles. The van der Waals surface area contributed by atoms with E-state index in [9.17, 15) is 14.4 Å². The summed E-state index contributed by atoms with van der Waals surface area (Å²) in [6, 6.07) is 7.45. The summed E-state index contributed by atoms with van der Waals surface area (Å²) >= 11 is 1.36. The molecule has 3 heterocycles. The van der Waals surface area contributed by atoms with Crippen molar-refractivity contribution >= 4 is 29.1 Å². The lowest BCUT2D eigenvalue weighted by Gasteiger charge is -2.39. The number of nitrogens with zero attached hydrogens (tertiary/aromatic N) is 2. The monoisotopic (exact) mass is 440 g/mol. The van der Waals surface area contributed by atoms with Gasteiger partial charge in [0, 0.05) is 24.2 Å². The van der Waals surface area contributed by atoms with Crippen LogP contribution in [0.25, 0.3) is 0 Å². The van der Waals surface area contributed by atoms with E-state index in [1.165, 1.54) is 11.3 Å². The van der Waals surface area contributed by atoms with Gasteiger partial charge in [0.25, 0.3) is 11.8 Å². The van der Waals surface area contributed by atoms with E-state index in [2.05, 4.69) is 15.6 Å². The van der Waals surface area contributed by atoms with Crippen molar-refractivity contribution in [2.24, 2.45) is 5.92 Å². The van der Waals surface area contributed by atoms with Crippen molar-refractivity contribution in [2.45, 2.75) is 52.1 Å². The molecule has 2 atom stereocenters. The average Bonchev–Trinajstić information content (AvgIpc) is 3.19. The fourth-order valence-electron chi connectivity index (χ4n) is 4.61. The Morgan fingerprint density at radius 3 is 2.61 bits per heavy atom. The zero-order chi connectivity index (χ0) is 22.6. The Bertz CT molecular complexity index is 1070. The molecule has 164 valence electrons. The van der Waals surface area contributed by atoms with Crippen molar-refractivity contribution in [3.8, 4) is 0 Å². The Hall–Kier alpha value is -2.74. The van der Waals surface area contributed by atoms with Gasteiger partial charge in [0.05, 0.1) is 22.2 Å². The van der Waals surface area contributed by atoms with Crippen LogP contribution in [0.15, 0.2) is 24.3 Å². The van der Waals surface area contributed by atoms with Crippen molar-refractivity contribution < 1.29 is 14.4 Å². The summed E-state index contributed by atoms with van der Waals surface area (Å²) < 4.78 is 0. The number of aromatic nitrogens is 1. The molecule has 1 aromatic carbocycles. The third-order valence-corrected chi connectivity index (χ3v) is 6.93. The van der Waals surface area contributed by atoms with Gasteiger partial charge in [0.15, 0.2) is 0 Å². The summed E-state index contributed by atoms with van der Waals surface area (Å²) in [6.07, 6.45) is 0.502. The van der Waals surface area contributed by atoms with Gasteiger partial charge in [-0.25, -0.2) is 4.98 Å². The largest absolute Gasteiger partial charge is 0.351 e. The number of nitrogens with one attached hydrogen (secondary N) is 2. The SMILES string of the molecule is Cc1nc(C)c(C(=O)N2C[C@@H](C(=O)NC(C)(C)C)[C@@]3(Cc4ccccc4C(=O)N3)C2)s1. The van der Waals surface area contributed by atoms with Gasteiger partial charge in [0.2, 0.25) is 5.91 Å². The van der Waals surface area contributed by atoms with Gasteiger partial charge in [-0.15, -0.1) is 11.3 Å². The lowest BCUT2D eigenvalue weighted by atomic mass is 9.76. The molecule has 2 aliphatic heterocycles. The first-order valence-corrected chi connectivity index (χ1v) is 11.3. The molecule has 4 rings (SSSR count). The summed E-state index contributed by atoms with van der Waals surface area (Å²) in [4.78, 5) is 46.3. The van der Waals surface area contributed by atoms with E-state index in [-0.39, 0.29) is 30.8 Å². The number of aryl methyl sites for hydroxylation is 2. The third-order valence-electron chi connectivity index (χ3n) is 5.87. The maximum atomic E-state index is 13.3. The minimum Gasteiger partial charge on any atom is -0.351 e. The summed E-state index contributed by atoms with van der Waals surface area (Å²) in [7, 11) is 0. The van der Waals surface area contributed by atoms with E-state index >= 15 is 0 Å². The summed E-state index contributed by atoms with van der Waals surface area (Å²) in [5, 5.41) is 6.99. The van der Waals surface area contributed by atoms with E-state index < -0.39 is 17.0 Å². The summed E-state index contributed by atoms with van der Waals surface area (Å²) in [5.41, 5.74) is 0.963. The van der Waals surface area contributed by atoms with Crippen LogP contribution in [0.3, 0.4) is 0 Å². The fraction of sp³-hybridized carbons (Fsp3) is 0.478. The van der Waals surface area contributed by atoms with Crippen LogP contribution in [-0.4, -0.2) is 51.8 Å². The Labute approximate surface area is 186 Å². The van der Waals surface area contributed by atoms with Gasteiger partial charge in [-0.1, -0.05) is 18.2 Å². The Balaban J connectivity index is 1.71. The highest BCUT2D eigenvalue weighted by atomic mass is 32.1. The van der Waals surface area contributed by atoms with E-state index in [4.69, 9.17) is 0 Å². The molecule has 1 aromatic heterocycles. The molecule has 2 aromatic rings. The number of fused-ring (bicyclic) bond motifs is 1. The topological polar surface area (TPSA) is 91.4 Å². The van der Waals surface area contributed by atoms with Gasteiger partial charge >= 0.3 is 0 Å².